The van der Waals surface area contributed by atoms with Crippen LogP contribution in [0.3, 0.4) is 0 Å². The van der Waals surface area contributed by atoms with Gasteiger partial charge < -0.3 is 4.57 Å². The van der Waals surface area contributed by atoms with Crippen LogP contribution in [-0.4, -0.2) is 31.7 Å². The van der Waals surface area contributed by atoms with Gasteiger partial charge >= 0.3 is 0 Å². The van der Waals surface area contributed by atoms with E-state index in [1.54, 1.807) is 49.5 Å². The Bertz CT molecular complexity index is 1620. The van der Waals surface area contributed by atoms with E-state index in [0.717, 1.165) is 31.4 Å². The number of carbonyl (C=O) groups excluding carboxylic acids is 1. The molecule has 1 N–H and O–H groups in total. The zero-order valence-corrected chi connectivity index (χ0v) is 24.2. The summed E-state index contributed by atoms with van der Waals surface area (Å²) in [7, 11) is -4.05. The number of carbonyl (C=O) groups is 1. The number of benzene rings is 3. The van der Waals surface area contributed by atoms with Crippen LogP contribution in [0.1, 0.15) is 22.5 Å². The monoisotopic (exact) mass is 612 g/mol. The van der Waals surface area contributed by atoms with E-state index in [-0.39, 0.29) is 4.90 Å². The number of hydrazone groups is 1. The quantitative estimate of drug-likeness (QED) is 0.191. The molecular formula is C28H26BrClN4O3S. The fourth-order valence-corrected chi connectivity index (χ4v) is 6.21. The minimum Gasteiger partial charge on any atom is -0.318 e. The van der Waals surface area contributed by atoms with Crippen LogP contribution >= 0.6 is 27.5 Å². The third-order valence-electron chi connectivity index (χ3n) is 6.06. The lowest BCUT2D eigenvalue weighted by atomic mass is 10.2. The normalized spacial score (nSPS) is 11.6. The SMILES string of the molecule is Cc1c(Cl)cccc1N(CC(=O)N/N=C\c1cc(C)n(-c2cccc(Br)c2)c1C)S(=O)(=O)c1ccccc1. The molecule has 7 nitrogen and oxygen atoms in total. The third kappa shape index (κ3) is 5.85. The molecule has 0 aliphatic carbocycles. The highest BCUT2D eigenvalue weighted by molar-refractivity contribution is 9.10. The van der Waals surface area contributed by atoms with Crippen molar-refractivity contribution in [2.45, 2.75) is 25.7 Å². The first-order valence-corrected chi connectivity index (χ1v) is 14.3. The van der Waals surface area contributed by atoms with Crippen molar-refractivity contribution in [2.75, 3.05) is 10.8 Å². The highest BCUT2D eigenvalue weighted by Crippen LogP contribution is 2.30. The maximum absolute atomic E-state index is 13.5. The number of sulfonamides is 1. The zero-order chi connectivity index (χ0) is 27.4. The van der Waals surface area contributed by atoms with Gasteiger partial charge in [0.15, 0.2) is 0 Å². The number of nitrogens with one attached hydrogen (secondary N) is 1. The third-order valence-corrected chi connectivity index (χ3v) is 8.73. The molecule has 4 aromatic rings. The molecule has 0 saturated heterocycles. The van der Waals surface area contributed by atoms with E-state index in [9.17, 15) is 13.2 Å². The maximum atomic E-state index is 13.5. The molecule has 1 heterocycles. The average Bonchev–Trinajstić information content (AvgIpc) is 3.17. The highest BCUT2D eigenvalue weighted by atomic mass is 79.9. The Morgan fingerprint density at radius 3 is 2.45 bits per heavy atom. The molecule has 38 heavy (non-hydrogen) atoms. The molecular weight excluding hydrogens is 588 g/mol. The first kappa shape index (κ1) is 27.6. The molecule has 0 saturated carbocycles. The van der Waals surface area contributed by atoms with Gasteiger partial charge in [-0.1, -0.05) is 57.9 Å². The number of aryl methyl sites for hydroxylation is 1. The van der Waals surface area contributed by atoms with Crippen LogP contribution in [0.2, 0.25) is 5.02 Å². The standard InChI is InChI=1S/C28H26BrClN4O3S/c1-19-15-22(21(3)34(19)24-10-7-9-23(29)16-24)17-31-32-28(35)18-33(27-14-8-13-26(30)20(27)2)38(36,37)25-11-5-4-6-12-25/h4-17H,18H2,1-3H3,(H,32,35)/b31-17-. The van der Waals surface area contributed by atoms with Crippen molar-refractivity contribution in [1.82, 2.24) is 9.99 Å². The topological polar surface area (TPSA) is 83.8 Å². The van der Waals surface area contributed by atoms with Gasteiger partial charge in [0.2, 0.25) is 0 Å². The Kier molecular flexibility index (Phi) is 8.40. The van der Waals surface area contributed by atoms with E-state index in [2.05, 4.69) is 31.0 Å². The Morgan fingerprint density at radius 1 is 1.03 bits per heavy atom. The van der Waals surface area contributed by atoms with Crippen molar-refractivity contribution < 1.29 is 13.2 Å². The minimum absolute atomic E-state index is 0.0654. The van der Waals surface area contributed by atoms with Gasteiger partial charge in [-0.25, -0.2) is 13.8 Å². The minimum atomic E-state index is -4.05. The van der Waals surface area contributed by atoms with Crippen LogP contribution in [0.5, 0.6) is 0 Å². The Labute approximate surface area is 235 Å². The summed E-state index contributed by atoms with van der Waals surface area (Å²) >= 11 is 9.78. The molecule has 1 aromatic heterocycles. The van der Waals surface area contributed by atoms with E-state index >= 15 is 0 Å². The van der Waals surface area contributed by atoms with E-state index in [4.69, 9.17) is 11.6 Å². The largest absolute Gasteiger partial charge is 0.318 e. The number of hydrogen-bond donors (Lipinski definition) is 1. The lowest BCUT2D eigenvalue weighted by molar-refractivity contribution is -0.119. The van der Waals surface area contributed by atoms with Gasteiger partial charge in [-0.2, -0.15) is 5.10 Å². The van der Waals surface area contributed by atoms with Crippen LogP contribution in [0.15, 0.2) is 93.3 Å². The summed E-state index contributed by atoms with van der Waals surface area (Å²) in [6, 6.07) is 22.8. The highest BCUT2D eigenvalue weighted by Gasteiger charge is 2.28. The number of rotatable bonds is 8. The second kappa shape index (κ2) is 11.6. The van der Waals surface area contributed by atoms with Crippen molar-refractivity contribution in [3.8, 4) is 5.69 Å². The molecule has 0 radical (unpaired) electrons. The molecule has 10 heteroatoms. The van der Waals surface area contributed by atoms with Crippen molar-refractivity contribution in [3.05, 3.63) is 111 Å². The summed E-state index contributed by atoms with van der Waals surface area (Å²) in [6.45, 7) is 5.19. The Hall–Kier alpha value is -3.40. The molecule has 0 fully saturated rings. The number of aromatic nitrogens is 1. The summed E-state index contributed by atoms with van der Waals surface area (Å²) in [5, 5.41) is 4.51. The first-order chi connectivity index (χ1) is 18.1. The Morgan fingerprint density at radius 2 is 1.74 bits per heavy atom. The molecule has 0 spiro atoms. The van der Waals surface area contributed by atoms with Crippen LogP contribution < -0.4 is 9.73 Å². The predicted molar refractivity (Wildman–Crippen MR) is 156 cm³/mol. The summed E-state index contributed by atoms with van der Waals surface area (Å²) in [5.74, 6) is -0.596. The average molecular weight is 614 g/mol. The second-order valence-electron chi connectivity index (χ2n) is 8.64. The molecule has 3 aromatic carbocycles. The molecule has 0 bridgehead atoms. The predicted octanol–water partition coefficient (Wildman–Crippen LogP) is 6.16. The molecule has 0 aliphatic rings. The first-order valence-electron chi connectivity index (χ1n) is 11.7. The van der Waals surface area contributed by atoms with Crippen molar-refractivity contribution >= 4 is 55.4 Å². The molecule has 1 amide bonds. The maximum Gasteiger partial charge on any atom is 0.264 e. The Balaban J connectivity index is 1.58. The van der Waals surface area contributed by atoms with E-state index < -0.39 is 22.5 Å². The second-order valence-corrected chi connectivity index (χ2v) is 11.8. The van der Waals surface area contributed by atoms with Gasteiger partial charge in [-0.05, 0) is 74.9 Å². The van der Waals surface area contributed by atoms with Crippen LogP contribution in [0.4, 0.5) is 5.69 Å². The summed E-state index contributed by atoms with van der Waals surface area (Å²) in [6.07, 6.45) is 1.55. The van der Waals surface area contributed by atoms with Gasteiger partial charge in [0.05, 0.1) is 16.8 Å². The molecule has 0 atom stereocenters. The van der Waals surface area contributed by atoms with E-state index in [1.807, 2.05) is 44.2 Å². The van der Waals surface area contributed by atoms with Gasteiger partial charge in [0.25, 0.3) is 15.9 Å². The fourth-order valence-electron chi connectivity index (χ4n) is 4.16. The lowest BCUT2D eigenvalue weighted by Crippen LogP contribution is -2.40. The number of anilines is 1. The summed E-state index contributed by atoms with van der Waals surface area (Å²) in [5.41, 5.74) is 7.10. The number of nitrogens with zero attached hydrogens (tertiary/aromatic N) is 3. The van der Waals surface area contributed by atoms with E-state index in [1.165, 1.54) is 12.1 Å². The molecule has 0 aliphatic heterocycles. The van der Waals surface area contributed by atoms with Crippen molar-refractivity contribution in [3.63, 3.8) is 0 Å². The lowest BCUT2D eigenvalue weighted by Gasteiger charge is -2.25. The number of amides is 1. The van der Waals surface area contributed by atoms with Gasteiger partial charge in [-0.3, -0.25) is 9.10 Å². The smallest absolute Gasteiger partial charge is 0.264 e. The number of hydrogen-bond acceptors (Lipinski definition) is 4. The molecule has 0 unspecified atom stereocenters. The van der Waals surface area contributed by atoms with E-state index in [0.29, 0.717) is 16.3 Å². The van der Waals surface area contributed by atoms with Gasteiger partial charge in [-0.15, -0.1) is 0 Å². The summed E-state index contributed by atoms with van der Waals surface area (Å²) in [4.78, 5) is 13.0. The van der Waals surface area contributed by atoms with Gasteiger partial charge in [0, 0.05) is 32.1 Å². The number of halogens is 2. The van der Waals surface area contributed by atoms with Gasteiger partial charge in [0.1, 0.15) is 6.54 Å². The van der Waals surface area contributed by atoms with Crippen LogP contribution in [0.25, 0.3) is 5.69 Å². The van der Waals surface area contributed by atoms with Crippen molar-refractivity contribution in [2.24, 2.45) is 5.10 Å². The fraction of sp³-hybridized carbons (Fsp3) is 0.143. The van der Waals surface area contributed by atoms with Crippen molar-refractivity contribution in [1.29, 1.82) is 0 Å². The molecule has 196 valence electrons. The van der Waals surface area contributed by atoms with Crippen LogP contribution in [-0.2, 0) is 14.8 Å². The summed E-state index contributed by atoms with van der Waals surface area (Å²) < 4.78 is 31.2. The van der Waals surface area contributed by atoms with Crippen LogP contribution in [0, 0.1) is 20.8 Å². The zero-order valence-electron chi connectivity index (χ0n) is 21.0. The molecule has 4 rings (SSSR count).